The Labute approximate surface area is 225 Å². The van der Waals surface area contributed by atoms with Gasteiger partial charge in [-0.05, 0) is 43.0 Å². The lowest BCUT2D eigenvalue weighted by Gasteiger charge is -2.44. The van der Waals surface area contributed by atoms with Crippen LogP contribution in [0.3, 0.4) is 0 Å². The van der Waals surface area contributed by atoms with Crippen LogP contribution in [-0.2, 0) is 21.9 Å². The molecule has 4 aliphatic heterocycles. The van der Waals surface area contributed by atoms with Gasteiger partial charge in [-0.1, -0.05) is 0 Å². The van der Waals surface area contributed by atoms with Crippen LogP contribution in [0.2, 0.25) is 0 Å². The first-order valence-electron chi connectivity index (χ1n) is 12.7. The van der Waals surface area contributed by atoms with Gasteiger partial charge in [0.1, 0.15) is 11.5 Å². The number of nitrogens with zero attached hydrogens (tertiary/aromatic N) is 2. The maximum absolute atomic E-state index is 13.2. The first-order chi connectivity index (χ1) is 18.7. The molecular weight excluding hydrogens is 514 g/mol. The van der Waals surface area contributed by atoms with E-state index in [1.807, 2.05) is 6.07 Å². The second-order valence-corrected chi connectivity index (χ2v) is 9.88. The Morgan fingerprint density at radius 1 is 0.897 bits per heavy atom. The first-order valence-corrected chi connectivity index (χ1v) is 12.7. The van der Waals surface area contributed by atoms with E-state index in [0.717, 1.165) is 43.0 Å². The average Bonchev–Trinajstić information content (AvgIpc) is 3.51. The molecule has 0 aromatic heterocycles. The van der Waals surface area contributed by atoms with Crippen LogP contribution in [-0.4, -0.2) is 82.2 Å². The summed E-state index contributed by atoms with van der Waals surface area (Å²) in [5.41, 5.74) is 1.97. The van der Waals surface area contributed by atoms with Crippen molar-refractivity contribution >= 4 is 12.2 Å². The number of amides is 1. The fourth-order valence-electron chi connectivity index (χ4n) is 6.34. The number of ether oxygens (including phenoxy) is 5. The van der Waals surface area contributed by atoms with E-state index in [1.54, 1.807) is 14.2 Å². The number of rotatable bonds is 7. The van der Waals surface area contributed by atoms with E-state index >= 15 is 0 Å². The lowest BCUT2D eigenvalue weighted by Crippen LogP contribution is -2.54. The zero-order valence-corrected chi connectivity index (χ0v) is 22.5. The Hall–Kier alpha value is -3.60. The molecule has 0 bridgehead atoms. The minimum atomic E-state index is -3.59. The molecule has 0 radical (unpaired) electrons. The molecule has 11 heteroatoms. The SMILES string of the molecule is COc1cc(C(F)(F)C=O)cc(OC)c1OC.COc1cc2c(c(OC)c1)C1C3C4CCC(C(=O)N1CC2)N43. The number of hydrogen-bond acceptors (Lipinski definition) is 8. The normalized spacial score (nSPS) is 25.8. The van der Waals surface area contributed by atoms with Crippen molar-refractivity contribution in [2.45, 2.75) is 49.4 Å². The van der Waals surface area contributed by atoms with Crippen LogP contribution >= 0.6 is 0 Å². The summed E-state index contributed by atoms with van der Waals surface area (Å²) in [6, 6.07) is 7.55. The fourth-order valence-corrected chi connectivity index (χ4v) is 6.34. The van der Waals surface area contributed by atoms with Crippen LogP contribution < -0.4 is 23.7 Å². The standard InChI is InChI=1S/C17H20N2O3.C11H12F2O4/c1-21-10-7-9-5-6-18-16(14(9)13(8-10)22-2)15-11-3-4-12(17(18)20)19(11)15;1-15-8-4-7(11(12,13)6-14)5-9(16-2)10(8)17-3/h7-8,11-12,15-16H,3-6H2,1-2H3;4-6H,1-3H3. The number of alkyl halides is 2. The van der Waals surface area contributed by atoms with E-state index in [9.17, 15) is 18.4 Å². The molecule has 9 nitrogen and oxygen atoms in total. The maximum atomic E-state index is 13.2. The Morgan fingerprint density at radius 3 is 2.13 bits per heavy atom. The summed E-state index contributed by atoms with van der Waals surface area (Å²) in [6.45, 7) is 0.820. The van der Waals surface area contributed by atoms with Crippen LogP contribution in [0.1, 0.15) is 35.6 Å². The fraction of sp³-hybridized carbons (Fsp3) is 0.500. The minimum absolute atomic E-state index is 0.0726. The van der Waals surface area contributed by atoms with Gasteiger partial charge in [0.15, 0.2) is 17.8 Å². The molecule has 3 saturated heterocycles. The molecule has 4 aliphatic rings. The third-order valence-corrected chi connectivity index (χ3v) is 8.13. The van der Waals surface area contributed by atoms with Crippen molar-refractivity contribution in [3.63, 3.8) is 0 Å². The van der Waals surface area contributed by atoms with Crippen LogP contribution in [0.4, 0.5) is 8.78 Å². The van der Waals surface area contributed by atoms with Gasteiger partial charge >= 0.3 is 5.92 Å². The molecule has 39 heavy (non-hydrogen) atoms. The predicted octanol–water partition coefficient (Wildman–Crippen LogP) is 3.36. The Morgan fingerprint density at radius 2 is 1.56 bits per heavy atom. The third kappa shape index (κ3) is 4.32. The highest BCUT2D eigenvalue weighted by atomic mass is 19.3. The molecule has 6 rings (SSSR count). The molecule has 0 N–H and O–H groups in total. The van der Waals surface area contributed by atoms with Gasteiger partial charge in [0.25, 0.3) is 0 Å². The summed E-state index contributed by atoms with van der Waals surface area (Å²) in [5, 5.41) is 0. The molecule has 0 aliphatic carbocycles. The lowest BCUT2D eigenvalue weighted by molar-refractivity contribution is -0.142. The van der Waals surface area contributed by atoms with Crippen molar-refractivity contribution in [3.05, 3.63) is 41.0 Å². The van der Waals surface area contributed by atoms with Crippen LogP contribution in [0, 0.1) is 0 Å². The molecule has 4 heterocycles. The monoisotopic (exact) mass is 546 g/mol. The highest BCUT2D eigenvalue weighted by Crippen LogP contribution is 2.57. The Kier molecular flexibility index (Phi) is 7.04. The van der Waals surface area contributed by atoms with E-state index < -0.39 is 17.8 Å². The number of methoxy groups -OCH3 is 5. The highest BCUT2D eigenvalue weighted by Gasteiger charge is 2.67. The summed E-state index contributed by atoms with van der Waals surface area (Å²) in [6.07, 6.45) is 2.65. The average molecular weight is 547 g/mol. The molecule has 3 fully saturated rings. The van der Waals surface area contributed by atoms with Crippen molar-refractivity contribution in [2.24, 2.45) is 0 Å². The second kappa shape index (κ2) is 10.2. The van der Waals surface area contributed by atoms with Crippen LogP contribution in [0.15, 0.2) is 24.3 Å². The van der Waals surface area contributed by atoms with Gasteiger partial charge in [-0.2, -0.15) is 8.78 Å². The number of benzene rings is 2. The molecule has 5 unspecified atom stereocenters. The largest absolute Gasteiger partial charge is 0.497 e. The number of halogens is 2. The smallest absolute Gasteiger partial charge is 0.327 e. The van der Waals surface area contributed by atoms with Crippen molar-refractivity contribution < 1.29 is 42.1 Å². The highest BCUT2D eigenvalue weighted by molar-refractivity contribution is 5.86. The molecule has 5 atom stereocenters. The van der Waals surface area contributed by atoms with Crippen molar-refractivity contribution in [1.29, 1.82) is 0 Å². The molecule has 2 aromatic carbocycles. The summed E-state index contributed by atoms with van der Waals surface area (Å²) >= 11 is 0. The minimum Gasteiger partial charge on any atom is -0.497 e. The van der Waals surface area contributed by atoms with E-state index in [0.29, 0.717) is 18.0 Å². The zero-order chi connectivity index (χ0) is 28.1. The van der Waals surface area contributed by atoms with Gasteiger partial charge in [0.05, 0.1) is 53.7 Å². The van der Waals surface area contributed by atoms with E-state index in [4.69, 9.17) is 23.7 Å². The quantitative estimate of drug-likeness (QED) is 0.386. The number of piperidine rings is 1. The van der Waals surface area contributed by atoms with Gasteiger partial charge in [-0.3, -0.25) is 14.5 Å². The Bertz CT molecular complexity index is 1240. The number of carbonyl (C=O) groups excluding carboxylic acids is 2. The number of fused-ring (bicyclic) bond motifs is 5. The van der Waals surface area contributed by atoms with Crippen LogP contribution in [0.5, 0.6) is 28.7 Å². The topological polar surface area (TPSA) is 86.5 Å². The zero-order valence-electron chi connectivity index (χ0n) is 22.5. The van der Waals surface area contributed by atoms with Crippen molar-refractivity contribution in [1.82, 2.24) is 9.80 Å². The number of hydrogen-bond donors (Lipinski definition) is 0. The van der Waals surface area contributed by atoms with Crippen molar-refractivity contribution in [2.75, 3.05) is 42.1 Å². The summed E-state index contributed by atoms with van der Waals surface area (Å²) in [7, 11) is 7.36. The lowest BCUT2D eigenvalue weighted by atomic mass is 9.85. The van der Waals surface area contributed by atoms with Gasteiger partial charge < -0.3 is 28.6 Å². The maximum Gasteiger partial charge on any atom is 0.327 e. The van der Waals surface area contributed by atoms with E-state index in [1.165, 1.54) is 38.9 Å². The molecule has 0 saturated carbocycles. The third-order valence-electron chi connectivity index (χ3n) is 8.13. The Balaban J connectivity index is 0.000000165. The van der Waals surface area contributed by atoms with Gasteiger partial charge in [0, 0.05) is 29.8 Å². The summed E-state index contributed by atoms with van der Waals surface area (Å²) in [4.78, 5) is 27.7. The van der Waals surface area contributed by atoms with Gasteiger partial charge in [-0.15, -0.1) is 0 Å². The predicted molar refractivity (Wildman–Crippen MR) is 136 cm³/mol. The van der Waals surface area contributed by atoms with Crippen LogP contribution in [0.25, 0.3) is 0 Å². The molecule has 1 amide bonds. The first kappa shape index (κ1) is 27.0. The van der Waals surface area contributed by atoms with Gasteiger partial charge in [0.2, 0.25) is 11.7 Å². The summed E-state index contributed by atoms with van der Waals surface area (Å²) in [5.74, 6) is -1.23. The molecule has 0 spiro atoms. The summed E-state index contributed by atoms with van der Waals surface area (Å²) < 4.78 is 52.3. The van der Waals surface area contributed by atoms with Crippen molar-refractivity contribution in [3.8, 4) is 28.7 Å². The van der Waals surface area contributed by atoms with E-state index in [-0.39, 0.29) is 29.3 Å². The van der Waals surface area contributed by atoms with Gasteiger partial charge in [-0.25, -0.2) is 0 Å². The second-order valence-electron chi connectivity index (χ2n) is 9.88. The van der Waals surface area contributed by atoms with E-state index in [2.05, 4.69) is 15.9 Å². The number of carbonyl (C=O) groups is 2. The number of aldehydes is 1. The molecular formula is C28H32F2N2O7. The molecule has 2 aromatic rings. The molecule has 210 valence electrons. The number of piperazine rings is 1.